The van der Waals surface area contributed by atoms with E-state index in [0.29, 0.717) is 6.61 Å². The highest BCUT2D eigenvalue weighted by atomic mass is 79.9. The smallest absolute Gasteiger partial charge is 0.125 e. The molecule has 2 rings (SSSR count). The Labute approximate surface area is 124 Å². The maximum Gasteiger partial charge on any atom is 0.125 e. The summed E-state index contributed by atoms with van der Waals surface area (Å²) in [4.78, 5) is 0. The van der Waals surface area contributed by atoms with Crippen molar-refractivity contribution >= 4 is 15.9 Å². The molecule has 1 saturated carbocycles. The van der Waals surface area contributed by atoms with Crippen LogP contribution in [0.3, 0.4) is 0 Å². The molecule has 1 aromatic carbocycles. The van der Waals surface area contributed by atoms with Crippen molar-refractivity contribution in [1.29, 1.82) is 0 Å². The van der Waals surface area contributed by atoms with Crippen LogP contribution >= 0.6 is 15.9 Å². The molecule has 1 unspecified atom stereocenters. The Morgan fingerprint density at radius 3 is 2.32 bits per heavy atom. The van der Waals surface area contributed by atoms with Crippen molar-refractivity contribution in [2.45, 2.75) is 40.7 Å². The van der Waals surface area contributed by atoms with E-state index in [9.17, 15) is 5.11 Å². The van der Waals surface area contributed by atoms with Gasteiger partial charge in [0.2, 0.25) is 0 Å². The standard InChI is InChI=1S/C16H23BrO2/c1-6-19-12-8-7-10(17)9-11(12)13(18)14-15(2,3)16(14,4)5/h7-9,13-14,18H,6H2,1-5H3. The molecule has 106 valence electrons. The lowest BCUT2D eigenvalue weighted by Crippen LogP contribution is -2.08. The molecule has 1 N–H and O–H groups in total. The number of halogens is 1. The van der Waals surface area contributed by atoms with Crippen LogP contribution in [0.2, 0.25) is 0 Å². The maximum atomic E-state index is 10.8. The van der Waals surface area contributed by atoms with Crippen LogP contribution in [0.25, 0.3) is 0 Å². The summed E-state index contributed by atoms with van der Waals surface area (Å²) in [5.41, 5.74) is 1.19. The van der Waals surface area contributed by atoms with Crippen molar-refractivity contribution in [3.8, 4) is 5.75 Å². The molecular weight excluding hydrogens is 304 g/mol. The Morgan fingerprint density at radius 2 is 1.84 bits per heavy atom. The van der Waals surface area contributed by atoms with Gasteiger partial charge in [0.25, 0.3) is 0 Å². The van der Waals surface area contributed by atoms with Gasteiger partial charge in [0.1, 0.15) is 5.75 Å². The fraction of sp³-hybridized carbons (Fsp3) is 0.625. The summed E-state index contributed by atoms with van der Waals surface area (Å²) >= 11 is 3.48. The third-order valence-corrected chi connectivity index (χ3v) is 5.53. The van der Waals surface area contributed by atoms with Crippen molar-refractivity contribution in [2.75, 3.05) is 6.61 Å². The summed E-state index contributed by atoms with van der Waals surface area (Å²) in [7, 11) is 0. The molecule has 1 aliphatic carbocycles. The average Bonchev–Trinajstić information content (AvgIpc) is 2.71. The SMILES string of the molecule is CCOc1ccc(Br)cc1C(O)C1C(C)(C)C1(C)C. The number of hydrogen-bond donors (Lipinski definition) is 1. The number of aliphatic hydroxyl groups is 1. The second kappa shape index (κ2) is 4.78. The second-order valence-corrected chi connectivity index (χ2v) is 7.40. The third kappa shape index (κ3) is 2.31. The maximum absolute atomic E-state index is 10.8. The van der Waals surface area contributed by atoms with Crippen molar-refractivity contribution in [3.05, 3.63) is 28.2 Å². The van der Waals surface area contributed by atoms with Gasteiger partial charge in [-0.3, -0.25) is 0 Å². The molecule has 0 aliphatic heterocycles. The minimum atomic E-state index is -0.482. The van der Waals surface area contributed by atoms with Crippen LogP contribution in [0.15, 0.2) is 22.7 Å². The molecule has 1 aliphatic rings. The molecule has 0 amide bonds. The van der Waals surface area contributed by atoms with E-state index in [2.05, 4.69) is 43.6 Å². The molecule has 0 saturated heterocycles. The Bertz CT molecular complexity index is 466. The Morgan fingerprint density at radius 1 is 1.26 bits per heavy atom. The van der Waals surface area contributed by atoms with E-state index in [1.807, 2.05) is 25.1 Å². The molecule has 19 heavy (non-hydrogen) atoms. The number of aliphatic hydroxyl groups excluding tert-OH is 1. The van der Waals surface area contributed by atoms with Gasteiger partial charge in [-0.1, -0.05) is 43.6 Å². The van der Waals surface area contributed by atoms with E-state index in [1.54, 1.807) is 0 Å². The van der Waals surface area contributed by atoms with Crippen LogP contribution in [-0.4, -0.2) is 11.7 Å². The Kier molecular flexibility index (Phi) is 3.74. The topological polar surface area (TPSA) is 29.5 Å². The van der Waals surface area contributed by atoms with E-state index < -0.39 is 6.10 Å². The lowest BCUT2D eigenvalue weighted by Gasteiger charge is -2.18. The Balaban J connectivity index is 2.34. The molecule has 0 bridgehead atoms. The van der Waals surface area contributed by atoms with Gasteiger partial charge in [0.05, 0.1) is 12.7 Å². The lowest BCUT2D eigenvalue weighted by atomic mass is 9.98. The fourth-order valence-corrected chi connectivity index (χ4v) is 3.63. The Hall–Kier alpha value is -0.540. The van der Waals surface area contributed by atoms with Gasteiger partial charge >= 0.3 is 0 Å². The molecular formula is C16H23BrO2. The molecule has 1 fully saturated rings. The zero-order chi connectivity index (χ0) is 14.4. The van der Waals surface area contributed by atoms with Crippen LogP contribution in [0, 0.1) is 16.7 Å². The van der Waals surface area contributed by atoms with Crippen molar-refractivity contribution in [2.24, 2.45) is 16.7 Å². The summed E-state index contributed by atoms with van der Waals surface area (Å²) in [6.07, 6.45) is -0.482. The minimum Gasteiger partial charge on any atom is -0.493 e. The highest BCUT2D eigenvalue weighted by Crippen LogP contribution is 2.72. The van der Waals surface area contributed by atoms with Crippen molar-refractivity contribution in [3.63, 3.8) is 0 Å². The normalized spacial score (nSPS) is 22.1. The van der Waals surface area contributed by atoms with Gasteiger partial charge in [0.15, 0.2) is 0 Å². The monoisotopic (exact) mass is 326 g/mol. The van der Waals surface area contributed by atoms with Crippen LogP contribution in [0.1, 0.15) is 46.3 Å². The number of ether oxygens (including phenoxy) is 1. The van der Waals surface area contributed by atoms with Gasteiger partial charge < -0.3 is 9.84 Å². The number of hydrogen-bond acceptors (Lipinski definition) is 2. The van der Waals surface area contributed by atoms with Crippen LogP contribution in [0.4, 0.5) is 0 Å². The number of benzene rings is 1. The van der Waals surface area contributed by atoms with Gasteiger partial charge in [-0.05, 0) is 36.0 Å². The summed E-state index contributed by atoms with van der Waals surface area (Å²) in [6, 6.07) is 5.85. The first-order valence-corrected chi connectivity index (χ1v) is 7.63. The molecule has 0 radical (unpaired) electrons. The molecule has 3 heteroatoms. The van der Waals surface area contributed by atoms with Gasteiger partial charge in [-0.25, -0.2) is 0 Å². The van der Waals surface area contributed by atoms with Crippen molar-refractivity contribution in [1.82, 2.24) is 0 Å². The van der Waals surface area contributed by atoms with E-state index in [-0.39, 0.29) is 16.7 Å². The van der Waals surface area contributed by atoms with Gasteiger partial charge in [0, 0.05) is 16.0 Å². The first-order valence-electron chi connectivity index (χ1n) is 6.83. The highest BCUT2D eigenvalue weighted by molar-refractivity contribution is 9.10. The second-order valence-electron chi connectivity index (χ2n) is 6.48. The van der Waals surface area contributed by atoms with E-state index in [4.69, 9.17) is 4.74 Å². The average molecular weight is 327 g/mol. The van der Waals surface area contributed by atoms with E-state index >= 15 is 0 Å². The molecule has 0 spiro atoms. The zero-order valence-electron chi connectivity index (χ0n) is 12.3. The van der Waals surface area contributed by atoms with Gasteiger partial charge in [-0.15, -0.1) is 0 Å². The fourth-order valence-electron chi connectivity index (χ4n) is 3.25. The first kappa shape index (κ1) is 14.9. The van der Waals surface area contributed by atoms with Crippen molar-refractivity contribution < 1.29 is 9.84 Å². The molecule has 1 aromatic rings. The third-order valence-electron chi connectivity index (χ3n) is 5.04. The lowest BCUT2D eigenvalue weighted by molar-refractivity contribution is 0.126. The number of rotatable bonds is 4. The van der Waals surface area contributed by atoms with E-state index in [1.165, 1.54) is 0 Å². The van der Waals surface area contributed by atoms with Crippen LogP contribution in [-0.2, 0) is 0 Å². The van der Waals surface area contributed by atoms with Crippen LogP contribution in [0.5, 0.6) is 5.75 Å². The molecule has 0 heterocycles. The van der Waals surface area contributed by atoms with Gasteiger partial charge in [-0.2, -0.15) is 0 Å². The van der Waals surface area contributed by atoms with E-state index in [0.717, 1.165) is 15.8 Å². The molecule has 0 aromatic heterocycles. The first-order chi connectivity index (χ1) is 8.73. The predicted octanol–water partition coefficient (Wildman–Crippen LogP) is 4.56. The minimum absolute atomic E-state index is 0.151. The molecule has 2 nitrogen and oxygen atoms in total. The largest absolute Gasteiger partial charge is 0.493 e. The zero-order valence-corrected chi connectivity index (χ0v) is 13.9. The summed E-state index contributed by atoms with van der Waals surface area (Å²) in [5, 5.41) is 10.8. The predicted molar refractivity (Wildman–Crippen MR) is 81.3 cm³/mol. The summed E-state index contributed by atoms with van der Waals surface area (Å²) in [6.45, 7) is 11.5. The summed E-state index contributed by atoms with van der Waals surface area (Å²) in [5.74, 6) is 1.05. The quantitative estimate of drug-likeness (QED) is 0.878. The molecule has 1 atom stereocenters. The summed E-state index contributed by atoms with van der Waals surface area (Å²) < 4.78 is 6.62. The highest BCUT2D eigenvalue weighted by Gasteiger charge is 2.67. The van der Waals surface area contributed by atoms with Crippen LogP contribution < -0.4 is 4.74 Å².